The SMILES string of the molecule is COCCN1C[C@H](O)[C@@]2(C1)[C@H](CO)[C@H]2c1ccccc1. The van der Waals surface area contributed by atoms with Crippen molar-refractivity contribution in [2.45, 2.75) is 12.0 Å². The number of benzene rings is 1. The van der Waals surface area contributed by atoms with E-state index in [0.29, 0.717) is 13.2 Å². The number of likely N-dealkylation sites (tertiary alicyclic amines) is 1. The van der Waals surface area contributed by atoms with Crippen LogP contribution in [0, 0.1) is 11.3 Å². The van der Waals surface area contributed by atoms with Gasteiger partial charge in [0.2, 0.25) is 0 Å². The molecule has 4 nitrogen and oxygen atoms in total. The molecule has 0 amide bonds. The molecule has 3 rings (SSSR count). The molecule has 4 atom stereocenters. The lowest BCUT2D eigenvalue weighted by atomic mass is 9.95. The van der Waals surface area contributed by atoms with Crippen LogP contribution in [-0.2, 0) is 4.74 Å². The number of aliphatic hydroxyl groups excluding tert-OH is 2. The summed E-state index contributed by atoms with van der Waals surface area (Å²) in [5.41, 5.74) is 1.07. The van der Waals surface area contributed by atoms with Gasteiger partial charge in [0.1, 0.15) is 0 Å². The highest BCUT2D eigenvalue weighted by Gasteiger charge is 2.70. The van der Waals surface area contributed by atoms with Crippen LogP contribution in [0.5, 0.6) is 0 Å². The second-order valence-electron chi connectivity index (χ2n) is 6.03. The highest BCUT2D eigenvalue weighted by Crippen LogP contribution is 2.68. The van der Waals surface area contributed by atoms with Crippen molar-refractivity contribution in [3.8, 4) is 0 Å². The van der Waals surface area contributed by atoms with E-state index in [1.165, 1.54) is 5.56 Å². The molecular formula is C16H23NO3. The van der Waals surface area contributed by atoms with Gasteiger partial charge in [-0.2, -0.15) is 0 Å². The van der Waals surface area contributed by atoms with Crippen LogP contribution >= 0.6 is 0 Å². The zero-order chi connectivity index (χ0) is 14.2. The first-order chi connectivity index (χ1) is 9.74. The lowest BCUT2D eigenvalue weighted by Gasteiger charge is -2.16. The molecule has 1 aliphatic heterocycles. The van der Waals surface area contributed by atoms with E-state index in [1.807, 2.05) is 18.2 Å². The van der Waals surface area contributed by atoms with Gasteiger partial charge in [0.05, 0.1) is 12.7 Å². The summed E-state index contributed by atoms with van der Waals surface area (Å²) < 4.78 is 5.12. The molecule has 110 valence electrons. The van der Waals surface area contributed by atoms with Gasteiger partial charge in [-0.25, -0.2) is 0 Å². The van der Waals surface area contributed by atoms with Gasteiger partial charge in [0.15, 0.2) is 0 Å². The maximum absolute atomic E-state index is 10.5. The molecule has 0 aromatic heterocycles. The van der Waals surface area contributed by atoms with Crippen LogP contribution in [0.4, 0.5) is 0 Å². The molecular weight excluding hydrogens is 254 g/mol. The Kier molecular flexibility index (Phi) is 3.82. The Morgan fingerprint density at radius 1 is 1.35 bits per heavy atom. The van der Waals surface area contributed by atoms with Crippen molar-refractivity contribution in [1.29, 1.82) is 0 Å². The monoisotopic (exact) mass is 277 g/mol. The van der Waals surface area contributed by atoms with E-state index in [-0.39, 0.29) is 30.0 Å². The van der Waals surface area contributed by atoms with Crippen molar-refractivity contribution in [3.63, 3.8) is 0 Å². The molecule has 20 heavy (non-hydrogen) atoms. The fourth-order valence-corrected chi connectivity index (χ4v) is 4.05. The third kappa shape index (κ3) is 2.07. The lowest BCUT2D eigenvalue weighted by molar-refractivity contribution is 0.110. The normalized spacial score (nSPS) is 36.6. The smallest absolute Gasteiger partial charge is 0.0745 e. The van der Waals surface area contributed by atoms with Crippen molar-refractivity contribution in [1.82, 2.24) is 4.90 Å². The van der Waals surface area contributed by atoms with E-state index < -0.39 is 0 Å². The molecule has 1 heterocycles. The van der Waals surface area contributed by atoms with Gasteiger partial charge in [-0.1, -0.05) is 30.3 Å². The Labute approximate surface area is 120 Å². The van der Waals surface area contributed by atoms with Crippen LogP contribution in [0.25, 0.3) is 0 Å². The molecule has 4 heteroatoms. The molecule has 1 aromatic carbocycles. The molecule has 1 saturated carbocycles. The number of aliphatic hydroxyl groups is 2. The first-order valence-electron chi connectivity index (χ1n) is 7.29. The minimum atomic E-state index is -0.360. The van der Waals surface area contributed by atoms with E-state index in [9.17, 15) is 10.2 Å². The highest BCUT2D eigenvalue weighted by molar-refractivity contribution is 5.36. The second kappa shape index (κ2) is 5.45. The summed E-state index contributed by atoms with van der Waals surface area (Å²) in [6.07, 6.45) is -0.360. The van der Waals surface area contributed by atoms with E-state index in [2.05, 4.69) is 17.0 Å². The number of rotatable bonds is 5. The quantitative estimate of drug-likeness (QED) is 0.832. The van der Waals surface area contributed by atoms with Gasteiger partial charge in [-0.3, -0.25) is 4.90 Å². The van der Waals surface area contributed by atoms with E-state index >= 15 is 0 Å². The summed E-state index contributed by atoms with van der Waals surface area (Å²) in [5.74, 6) is 0.448. The highest BCUT2D eigenvalue weighted by atomic mass is 16.5. The van der Waals surface area contributed by atoms with Gasteiger partial charge < -0.3 is 14.9 Å². The van der Waals surface area contributed by atoms with Crippen molar-refractivity contribution in [2.24, 2.45) is 11.3 Å². The molecule has 1 aliphatic carbocycles. The molecule has 1 spiro atoms. The van der Waals surface area contributed by atoms with Gasteiger partial charge in [0.25, 0.3) is 0 Å². The number of methoxy groups -OCH3 is 1. The largest absolute Gasteiger partial charge is 0.396 e. The van der Waals surface area contributed by atoms with Crippen LogP contribution in [0.1, 0.15) is 11.5 Å². The van der Waals surface area contributed by atoms with E-state index in [0.717, 1.165) is 13.1 Å². The molecule has 0 unspecified atom stereocenters. The Morgan fingerprint density at radius 3 is 2.75 bits per heavy atom. The van der Waals surface area contributed by atoms with Crippen molar-refractivity contribution < 1.29 is 14.9 Å². The summed E-state index contributed by atoms with van der Waals surface area (Å²) in [7, 11) is 1.70. The van der Waals surface area contributed by atoms with Crippen LogP contribution in [-0.4, -0.2) is 61.2 Å². The van der Waals surface area contributed by atoms with Gasteiger partial charge >= 0.3 is 0 Å². The fraction of sp³-hybridized carbons (Fsp3) is 0.625. The van der Waals surface area contributed by atoms with Gasteiger partial charge in [0, 0.05) is 38.8 Å². The number of nitrogens with zero attached hydrogens (tertiary/aromatic N) is 1. The van der Waals surface area contributed by atoms with Crippen molar-refractivity contribution in [3.05, 3.63) is 35.9 Å². The summed E-state index contributed by atoms with van der Waals surface area (Å²) >= 11 is 0. The average molecular weight is 277 g/mol. The zero-order valence-corrected chi connectivity index (χ0v) is 11.9. The number of ether oxygens (including phenoxy) is 1. The lowest BCUT2D eigenvalue weighted by Crippen LogP contribution is -2.26. The number of hydrogen-bond donors (Lipinski definition) is 2. The minimum absolute atomic E-state index is 0.148. The van der Waals surface area contributed by atoms with Gasteiger partial charge in [-0.05, 0) is 17.4 Å². The molecule has 0 radical (unpaired) electrons. The summed E-state index contributed by atoms with van der Waals surface area (Å²) in [6, 6.07) is 10.3. The molecule has 1 saturated heterocycles. The number of hydrogen-bond acceptors (Lipinski definition) is 4. The predicted molar refractivity (Wildman–Crippen MR) is 76.5 cm³/mol. The van der Waals surface area contributed by atoms with E-state index in [4.69, 9.17) is 4.74 Å². The first kappa shape index (κ1) is 14.0. The standard InChI is InChI=1S/C16H23NO3/c1-20-8-7-17-9-14(19)16(11-17)13(10-18)15(16)12-5-3-2-4-6-12/h2-6,13-15,18-19H,7-11H2,1H3/t13-,14+,15-,16-/m1/s1. The van der Waals surface area contributed by atoms with Crippen LogP contribution in [0.3, 0.4) is 0 Å². The molecule has 2 N–H and O–H groups in total. The predicted octanol–water partition coefficient (Wildman–Crippen LogP) is 0.702. The van der Waals surface area contributed by atoms with E-state index in [1.54, 1.807) is 7.11 Å². The third-order valence-corrected chi connectivity index (χ3v) is 5.08. The molecule has 0 bridgehead atoms. The Hall–Kier alpha value is -0.940. The van der Waals surface area contributed by atoms with Crippen LogP contribution < -0.4 is 0 Å². The Balaban J connectivity index is 1.78. The van der Waals surface area contributed by atoms with Crippen molar-refractivity contribution in [2.75, 3.05) is 40.0 Å². The second-order valence-corrected chi connectivity index (χ2v) is 6.03. The van der Waals surface area contributed by atoms with Crippen LogP contribution in [0.15, 0.2) is 30.3 Å². The van der Waals surface area contributed by atoms with Gasteiger partial charge in [-0.15, -0.1) is 0 Å². The summed E-state index contributed by atoms with van der Waals surface area (Å²) in [5, 5.41) is 20.2. The maximum Gasteiger partial charge on any atom is 0.0745 e. The summed E-state index contributed by atoms with van der Waals surface area (Å²) in [4.78, 5) is 2.25. The minimum Gasteiger partial charge on any atom is -0.396 e. The first-order valence-corrected chi connectivity index (χ1v) is 7.29. The van der Waals surface area contributed by atoms with Crippen molar-refractivity contribution >= 4 is 0 Å². The fourth-order valence-electron chi connectivity index (χ4n) is 4.05. The number of β-amino-alcohol motifs (C(OH)–C–C–N with tert-alkyl or cyclic N) is 1. The average Bonchev–Trinajstić information content (AvgIpc) is 3.02. The molecule has 2 aliphatic rings. The zero-order valence-electron chi connectivity index (χ0n) is 11.9. The Morgan fingerprint density at radius 2 is 2.10 bits per heavy atom. The summed E-state index contributed by atoms with van der Waals surface area (Å²) in [6.45, 7) is 3.21. The third-order valence-electron chi connectivity index (χ3n) is 5.08. The Bertz CT molecular complexity index is 452. The molecule has 2 fully saturated rings. The van der Waals surface area contributed by atoms with Crippen LogP contribution in [0.2, 0.25) is 0 Å². The topological polar surface area (TPSA) is 52.9 Å². The molecule has 1 aromatic rings. The maximum atomic E-state index is 10.5.